The van der Waals surface area contributed by atoms with Gasteiger partial charge in [0.1, 0.15) is 0 Å². The second-order valence-electron chi connectivity index (χ2n) is 10.8. The van der Waals surface area contributed by atoms with Gasteiger partial charge in [0.15, 0.2) is 17.0 Å². The molecule has 0 aromatic carbocycles. The summed E-state index contributed by atoms with van der Waals surface area (Å²) in [5.41, 5.74) is 11.6. The molecule has 0 radical (unpaired) electrons. The molecule has 0 atom stereocenters. The lowest BCUT2D eigenvalue weighted by Crippen LogP contribution is -2.38. The lowest BCUT2D eigenvalue weighted by molar-refractivity contribution is 0.131. The third-order valence-corrected chi connectivity index (χ3v) is 8.23. The van der Waals surface area contributed by atoms with E-state index in [0.29, 0.717) is 24.1 Å². The van der Waals surface area contributed by atoms with Gasteiger partial charge in [-0.2, -0.15) is 9.97 Å². The Labute approximate surface area is 209 Å². The number of hydrogen-bond donors (Lipinski definition) is 3. The number of piperidine rings is 1. The summed E-state index contributed by atoms with van der Waals surface area (Å²) in [4.78, 5) is 14.7. The van der Waals surface area contributed by atoms with E-state index in [2.05, 4.69) is 27.2 Å². The first kappa shape index (κ1) is 24.7. The van der Waals surface area contributed by atoms with Gasteiger partial charge < -0.3 is 25.8 Å². The minimum Gasteiger partial charge on any atom is -0.382 e. The molecule has 194 valence electrons. The molecule has 2 aromatic heterocycles. The molecule has 5 rings (SSSR count). The van der Waals surface area contributed by atoms with Gasteiger partial charge >= 0.3 is 0 Å². The molecule has 2 aromatic rings. The number of nitrogens with zero attached hydrogens (tertiary/aromatic N) is 5. The van der Waals surface area contributed by atoms with E-state index in [-0.39, 0.29) is 0 Å². The maximum Gasteiger partial charge on any atom is 0.227 e. The molecule has 9 nitrogen and oxygen atoms in total. The van der Waals surface area contributed by atoms with E-state index in [9.17, 15) is 0 Å². The van der Waals surface area contributed by atoms with Gasteiger partial charge in [-0.15, -0.1) is 0 Å². The molecule has 3 aliphatic rings. The smallest absolute Gasteiger partial charge is 0.227 e. The van der Waals surface area contributed by atoms with Crippen molar-refractivity contribution in [2.45, 2.75) is 102 Å². The van der Waals surface area contributed by atoms with Crippen LogP contribution in [0.2, 0.25) is 0 Å². The summed E-state index contributed by atoms with van der Waals surface area (Å²) in [6.07, 6.45) is 16.1. The first-order valence-corrected chi connectivity index (χ1v) is 14.1. The number of rotatable bonds is 10. The largest absolute Gasteiger partial charge is 0.382 e. The number of hydrazine groups is 1. The fourth-order valence-electron chi connectivity index (χ4n) is 6.06. The van der Waals surface area contributed by atoms with Crippen LogP contribution in [0.5, 0.6) is 0 Å². The molecule has 1 saturated heterocycles. The van der Waals surface area contributed by atoms with Gasteiger partial charge in [-0.05, 0) is 77.0 Å². The van der Waals surface area contributed by atoms with Crippen molar-refractivity contribution in [1.82, 2.24) is 24.5 Å². The van der Waals surface area contributed by atoms with Crippen LogP contribution in [0.25, 0.3) is 11.2 Å². The third kappa shape index (κ3) is 6.24. The molecular formula is C26H44N8O. The van der Waals surface area contributed by atoms with Crippen LogP contribution < -0.4 is 16.5 Å². The summed E-state index contributed by atoms with van der Waals surface area (Å²) in [6, 6.07) is 1.21. The Hall–Kier alpha value is -1.97. The average Bonchev–Trinajstić information content (AvgIpc) is 3.54. The number of nitrogens with two attached hydrogens (primary N) is 1. The predicted octanol–water partition coefficient (Wildman–Crippen LogP) is 4.48. The molecule has 3 fully saturated rings. The number of imidazole rings is 1. The number of anilines is 2. The second kappa shape index (κ2) is 11.8. The van der Waals surface area contributed by atoms with Crippen molar-refractivity contribution in [2.24, 2.45) is 11.7 Å². The van der Waals surface area contributed by atoms with E-state index in [1.807, 2.05) is 6.33 Å². The molecule has 0 spiro atoms. The normalized spacial score (nSPS) is 24.9. The summed E-state index contributed by atoms with van der Waals surface area (Å²) in [5, 5.41) is 5.95. The van der Waals surface area contributed by atoms with Gasteiger partial charge in [-0.1, -0.05) is 12.8 Å². The Morgan fingerprint density at radius 1 is 1.03 bits per heavy atom. The topological polar surface area (TPSA) is 106 Å². The maximum absolute atomic E-state index is 6.13. The summed E-state index contributed by atoms with van der Waals surface area (Å²) in [7, 11) is 0. The maximum atomic E-state index is 6.13. The third-order valence-electron chi connectivity index (χ3n) is 8.23. The first-order chi connectivity index (χ1) is 17.2. The minimum absolute atomic E-state index is 0.333. The van der Waals surface area contributed by atoms with Gasteiger partial charge in [-0.3, -0.25) is 0 Å². The van der Waals surface area contributed by atoms with Crippen molar-refractivity contribution in [3.8, 4) is 0 Å². The highest BCUT2D eigenvalue weighted by molar-refractivity contribution is 5.84. The molecule has 0 amide bonds. The molecule has 0 unspecified atom stereocenters. The van der Waals surface area contributed by atoms with Crippen LogP contribution in [0, 0.1) is 5.92 Å². The van der Waals surface area contributed by atoms with Crippen LogP contribution in [0.15, 0.2) is 6.33 Å². The van der Waals surface area contributed by atoms with Crippen molar-refractivity contribution in [3.63, 3.8) is 0 Å². The van der Waals surface area contributed by atoms with Crippen LogP contribution in [-0.2, 0) is 4.74 Å². The van der Waals surface area contributed by atoms with Crippen LogP contribution in [0.3, 0.4) is 0 Å². The molecule has 1 aliphatic heterocycles. The minimum atomic E-state index is 0.333. The van der Waals surface area contributed by atoms with Gasteiger partial charge in [-0.25, -0.2) is 9.99 Å². The summed E-state index contributed by atoms with van der Waals surface area (Å²) < 4.78 is 7.81. The lowest BCUT2D eigenvalue weighted by Gasteiger charge is -2.32. The van der Waals surface area contributed by atoms with Crippen molar-refractivity contribution in [2.75, 3.05) is 37.0 Å². The lowest BCUT2D eigenvalue weighted by atomic mass is 9.92. The van der Waals surface area contributed by atoms with Gasteiger partial charge in [0.2, 0.25) is 5.95 Å². The fourth-order valence-corrected chi connectivity index (χ4v) is 6.06. The van der Waals surface area contributed by atoms with E-state index in [1.165, 1.54) is 44.9 Å². The van der Waals surface area contributed by atoms with Crippen LogP contribution in [0.4, 0.5) is 11.8 Å². The van der Waals surface area contributed by atoms with Crippen molar-refractivity contribution < 1.29 is 4.74 Å². The highest BCUT2D eigenvalue weighted by atomic mass is 16.5. The standard InChI is InChI=1S/C26H44N8O/c1-2-35-17-5-6-19-13-15-33(16-14-19)32-24-23-25(34(18-28-23)22-7-3-4-8-22)31-26(30-24)29-21-11-9-20(27)10-12-21/h18-22H,2-17,27H2,1H3,(H2,29,30,31,32). The van der Waals surface area contributed by atoms with E-state index >= 15 is 0 Å². The summed E-state index contributed by atoms with van der Waals surface area (Å²) >= 11 is 0. The van der Waals surface area contributed by atoms with Crippen LogP contribution in [-0.4, -0.2) is 62.9 Å². The van der Waals surface area contributed by atoms with Crippen molar-refractivity contribution in [1.29, 1.82) is 0 Å². The number of nitrogens with one attached hydrogen (secondary N) is 2. The number of hydrogen-bond acceptors (Lipinski definition) is 8. The Morgan fingerprint density at radius 3 is 2.54 bits per heavy atom. The zero-order chi connectivity index (χ0) is 24.0. The molecule has 2 saturated carbocycles. The fraction of sp³-hybridized carbons (Fsp3) is 0.808. The molecule has 35 heavy (non-hydrogen) atoms. The Balaban J connectivity index is 1.29. The molecule has 0 bridgehead atoms. The van der Waals surface area contributed by atoms with Crippen LogP contribution >= 0.6 is 0 Å². The predicted molar refractivity (Wildman–Crippen MR) is 140 cm³/mol. The highest BCUT2D eigenvalue weighted by Crippen LogP contribution is 2.34. The van der Waals surface area contributed by atoms with E-state index < -0.39 is 0 Å². The van der Waals surface area contributed by atoms with Crippen LogP contribution in [0.1, 0.15) is 90.0 Å². The Morgan fingerprint density at radius 2 is 1.80 bits per heavy atom. The molecule has 2 aliphatic carbocycles. The van der Waals surface area contributed by atoms with Gasteiger partial charge in [0.05, 0.1) is 6.33 Å². The molecule has 3 heterocycles. The summed E-state index contributed by atoms with van der Waals surface area (Å²) in [5.74, 6) is 2.33. The van der Waals surface area contributed by atoms with Gasteiger partial charge in [0.25, 0.3) is 0 Å². The second-order valence-corrected chi connectivity index (χ2v) is 10.8. The Kier molecular flexibility index (Phi) is 8.36. The Bertz CT molecular complexity index is 927. The number of aromatic nitrogens is 4. The van der Waals surface area contributed by atoms with Crippen molar-refractivity contribution >= 4 is 22.9 Å². The highest BCUT2D eigenvalue weighted by Gasteiger charge is 2.25. The number of fused-ring (bicyclic) bond motifs is 1. The first-order valence-electron chi connectivity index (χ1n) is 14.1. The van der Waals surface area contributed by atoms with Gasteiger partial charge in [0, 0.05) is 44.4 Å². The SMILES string of the molecule is CCOCCCC1CCN(Nc2nc(NC3CCC(N)CC3)nc3c2ncn3C2CCCC2)CC1. The van der Waals surface area contributed by atoms with E-state index in [1.54, 1.807) is 0 Å². The molecular weight excluding hydrogens is 440 g/mol. The number of ether oxygens (including phenoxy) is 1. The monoisotopic (exact) mass is 484 g/mol. The molecule has 9 heteroatoms. The van der Waals surface area contributed by atoms with E-state index in [0.717, 1.165) is 81.3 Å². The average molecular weight is 485 g/mol. The quantitative estimate of drug-likeness (QED) is 0.424. The summed E-state index contributed by atoms with van der Waals surface area (Å²) in [6.45, 7) is 5.82. The van der Waals surface area contributed by atoms with E-state index in [4.69, 9.17) is 25.4 Å². The zero-order valence-corrected chi connectivity index (χ0v) is 21.4. The molecule has 4 N–H and O–H groups in total. The van der Waals surface area contributed by atoms with Crippen molar-refractivity contribution in [3.05, 3.63) is 6.33 Å². The zero-order valence-electron chi connectivity index (χ0n) is 21.4.